The van der Waals surface area contributed by atoms with E-state index < -0.39 is 29.2 Å². The predicted molar refractivity (Wildman–Crippen MR) is 72.3 cm³/mol. The van der Waals surface area contributed by atoms with E-state index >= 15 is 0 Å². The quantitative estimate of drug-likeness (QED) is 0.808. The zero-order chi connectivity index (χ0) is 16.4. The molecule has 1 aromatic rings. The van der Waals surface area contributed by atoms with E-state index in [1.807, 2.05) is 0 Å². The molecule has 0 radical (unpaired) electrons. The number of amides is 1. The van der Waals surface area contributed by atoms with Crippen LogP contribution in [0, 0.1) is 0 Å². The standard InChI is InChI=1S/C13H13F3N2O3S/c14-13(15,16)8-2-3-10(17-6-8)22-7-9(19)18-12(11(20)21)4-1-5-12/h2-3,6H,1,4-5,7H2,(H,18,19)(H,20,21). The van der Waals surface area contributed by atoms with Gasteiger partial charge in [-0.3, -0.25) is 4.79 Å². The summed E-state index contributed by atoms with van der Waals surface area (Å²) in [7, 11) is 0. The molecule has 0 saturated heterocycles. The molecule has 1 amide bonds. The number of carbonyl (C=O) groups is 2. The summed E-state index contributed by atoms with van der Waals surface area (Å²) < 4.78 is 37.1. The molecule has 0 unspecified atom stereocenters. The Kier molecular flexibility index (Phi) is 4.64. The van der Waals surface area contributed by atoms with E-state index in [0.717, 1.165) is 24.2 Å². The summed E-state index contributed by atoms with van der Waals surface area (Å²) in [5.74, 6) is -1.65. The van der Waals surface area contributed by atoms with Gasteiger partial charge in [-0.05, 0) is 31.4 Å². The molecule has 22 heavy (non-hydrogen) atoms. The van der Waals surface area contributed by atoms with E-state index in [-0.39, 0.29) is 10.8 Å². The molecule has 1 heterocycles. The van der Waals surface area contributed by atoms with E-state index in [1.54, 1.807) is 0 Å². The van der Waals surface area contributed by atoms with Gasteiger partial charge in [0.15, 0.2) is 0 Å². The Labute approximate surface area is 128 Å². The second-order valence-electron chi connectivity index (χ2n) is 4.96. The summed E-state index contributed by atoms with van der Waals surface area (Å²) in [5.41, 5.74) is -2.05. The second kappa shape index (κ2) is 6.15. The molecule has 2 rings (SSSR count). The molecule has 120 valence electrons. The summed E-state index contributed by atoms with van der Waals surface area (Å²) in [4.78, 5) is 26.5. The van der Waals surface area contributed by atoms with Crippen LogP contribution in [0.2, 0.25) is 0 Å². The van der Waals surface area contributed by atoms with Crippen molar-refractivity contribution in [3.05, 3.63) is 23.9 Å². The number of rotatable bonds is 5. The number of hydrogen-bond acceptors (Lipinski definition) is 4. The van der Waals surface area contributed by atoms with Gasteiger partial charge in [-0.2, -0.15) is 13.2 Å². The molecule has 2 N–H and O–H groups in total. The normalized spacial score (nSPS) is 16.7. The van der Waals surface area contributed by atoms with Gasteiger partial charge in [-0.15, -0.1) is 0 Å². The zero-order valence-electron chi connectivity index (χ0n) is 11.3. The third-order valence-corrected chi connectivity index (χ3v) is 4.35. The summed E-state index contributed by atoms with van der Waals surface area (Å²) in [6.45, 7) is 0. The molecule has 1 aliphatic rings. The van der Waals surface area contributed by atoms with Gasteiger partial charge in [-0.25, -0.2) is 9.78 Å². The van der Waals surface area contributed by atoms with Gasteiger partial charge in [-0.1, -0.05) is 11.8 Å². The minimum absolute atomic E-state index is 0.104. The fraction of sp³-hybridized carbons (Fsp3) is 0.462. The first kappa shape index (κ1) is 16.6. The Balaban J connectivity index is 1.87. The summed E-state index contributed by atoms with van der Waals surface area (Å²) >= 11 is 0.951. The minimum atomic E-state index is -4.45. The van der Waals surface area contributed by atoms with Gasteiger partial charge in [0.2, 0.25) is 5.91 Å². The number of carboxylic acid groups (broad SMARTS) is 1. The molecule has 0 spiro atoms. The fourth-order valence-electron chi connectivity index (χ4n) is 2.00. The third-order valence-electron chi connectivity index (χ3n) is 3.41. The van der Waals surface area contributed by atoms with Crippen molar-refractivity contribution in [1.82, 2.24) is 10.3 Å². The Morgan fingerprint density at radius 1 is 1.36 bits per heavy atom. The molecule has 1 fully saturated rings. The third kappa shape index (κ3) is 3.70. The Bertz CT molecular complexity index is 571. The summed E-state index contributed by atoms with van der Waals surface area (Å²) in [6.07, 6.45) is -2.24. The van der Waals surface area contributed by atoms with Crippen molar-refractivity contribution in [3.8, 4) is 0 Å². The molecule has 0 aromatic carbocycles. The van der Waals surface area contributed by atoms with Crippen molar-refractivity contribution >= 4 is 23.6 Å². The second-order valence-corrected chi connectivity index (χ2v) is 5.96. The Morgan fingerprint density at radius 2 is 2.05 bits per heavy atom. The molecule has 0 aliphatic heterocycles. The molecule has 1 saturated carbocycles. The van der Waals surface area contributed by atoms with Crippen LogP contribution in [0.3, 0.4) is 0 Å². The molecule has 5 nitrogen and oxygen atoms in total. The molecule has 1 aliphatic carbocycles. The number of hydrogen-bond donors (Lipinski definition) is 2. The first-order valence-corrected chi connectivity index (χ1v) is 7.42. The van der Waals surface area contributed by atoms with Crippen molar-refractivity contribution < 1.29 is 27.9 Å². The summed E-state index contributed by atoms with van der Waals surface area (Å²) in [6, 6.07) is 2.06. The Morgan fingerprint density at radius 3 is 2.45 bits per heavy atom. The SMILES string of the molecule is O=C(CSc1ccc(C(F)(F)F)cn1)NC1(C(=O)O)CCC1. The predicted octanol–water partition coefficient (Wildman–Crippen LogP) is 2.32. The van der Waals surface area contributed by atoms with Gasteiger partial charge in [0, 0.05) is 6.20 Å². The van der Waals surface area contributed by atoms with Crippen molar-refractivity contribution in [3.63, 3.8) is 0 Å². The number of pyridine rings is 1. The molecular formula is C13H13F3N2O3S. The lowest BCUT2D eigenvalue weighted by Crippen LogP contribution is -2.59. The van der Waals surface area contributed by atoms with E-state index in [2.05, 4.69) is 10.3 Å². The van der Waals surface area contributed by atoms with Gasteiger partial charge < -0.3 is 10.4 Å². The number of carbonyl (C=O) groups excluding carboxylic acids is 1. The smallest absolute Gasteiger partial charge is 0.417 e. The van der Waals surface area contributed by atoms with Crippen LogP contribution in [0.25, 0.3) is 0 Å². The number of aliphatic carboxylic acids is 1. The van der Waals surface area contributed by atoms with Gasteiger partial charge in [0.1, 0.15) is 5.54 Å². The van der Waals surface area contributed by atoms with Crippen LogP contribution in [0.4, 0.5) is 13.2 Å². The topological polar surface area (TPSA) is 79.3 Å². The first-order valence-electron chi connectivity index (χ1n) is 6.43. The van der Waals surface area contributed by atoms with Crippen LogP contribution in [0.1, 0.15) is 24.8 Å². The number of aromatic nitrogens is 1. The average Bonchev–Trinajstić information content (AvgIpc) is 2.39. The number of nitrogens with zero attached hydrogens (tertiary/aromatic N) is 1. The maximum atomic E-state index is 12.4. The van der Waals surface area contributed by atoms with Crippen molar-refractivity contribution in [2.45, 2.75) is 36.0 Å². The highest BCUT2D eigenvalue weighted by Crippen LogP contribution is 2.32. The average molecular weight is 334 g/mol. The van der Waals surface area contributed by atoms with Crippen LogP contribution in [-0.2, 0) is 15.8 Å². The van der Waals surface area contributed by atoms with Crippen LogP contribution in [0.15, 0.2) is 23.4 Å². The van der Waals surface area contributed by atoms with Gasteiger partial charge in [0.25, 0.3) is 0 Å². The lowest BCUT2D eigenvalue weighted by molar-refractivity contribution is -0.151. The minimum Gasteiger partial charge on any atom is -0.480 e. The molecule has 9 heteroatoms. The lowest BCUT2D eigenvalue weighted by atomic mass is 9.77. The summed E-state index contributed by atoms with van der Waals surface area (Å²) in [5, 5.41) is 11.8. The van der Waals surface area contributed by atoms with Crippen LogP contribution in [0.5, 0.6) is 0 Å². The Hall–Kier alpha value is -1.77. The van der Waals surface area contributed by atoms with Crippen LogP contribution < -0.4 is 5.32 Å². The maximum absolute atomic E-state index is 12.4. The van der Waals surface area contributed by atoms with Crippen molar-refractivity contribution in [2.75, 3.05) is 5.75 Å². The highest BCUT2D eigenvalue weighted by atomic mass is 32.2. The fourth-order valence-corrected chi connectivity index (χ4v) is 2.64. The first-order chi connectivity index (χ1) is 10.2. The number of carboxylic acids is 1. The van der Waals surface area contributed by atoms with Crippen molar-refractivity contribution in [1.29, 1.82) is 0 Å². The molecule has 0 atom stereocenters. The number of thioether (sulfide) groups is 1. The lowest BCUT2D eigenvalue weighted by Gasteiger charge is -2.38. The van der Waals surface area contributed by atoms with Gasteiger partial charge in [0.05, 0.1) is 16.3 Å². The van der Waals surface area contributed by atoms with Crippen LogP contribution in [-0.4, -0.2) is 33.3 Å². The highest BCUT2D eigenvalue weighted by Gasteiger charge is 2.45. The van der Waals surface area contributed by atoms with Crippen LogP contribution >= 0.6 is 11.8 Å². The molecule has 0 bridgehead atoms. The molecule has 1 aromatic heterocycles. The number of alkyl halides is 3. The van der Waals surface area contributed by atoms with Gasteiger partial charge >= 0.3 is 12.1 Å². The number of nitrogens with one attached hydrogen (secondary N) is 1. The largest absolute Gasteiger partial charge is 0.480 e. The van der Waals surface area contributed by atoms with E-state index in [1.165, 1.54) is 6.07 Å². The van der Waals surface area contributed by atoms with E-state index in [9.17, 15) is 22.8 Å². The number of halogens is 3. The highest BCUT2D eigenvalue weighted by molar-refractivity contribution is 7.99. The maximum Gasteiger partial charge on any atom is 0.417 e. The molecular weight excluding hydrogens is 321 g/mol. The zero-order valence-corrected chi connectivity index (χ0v) is 12.1. The monoisotopic (exact) mass is 334 g/mol. The van der Waals surface area contributed by atoms with Crippen molar-refractivity contribution in [2.24, 2.45) is 0 Å². The van der Waals surface area contributed by atoms with E-state index in [0.29, 0.717) is 19.0 Å². The van der Waals surface area contributed by atoms with E-state index in [4.69, 9.17) is 5.11 Å².